The molecule has 5 nitrogen and oxygen atoms in total. The quantitative estimate of drug-likeness (QED) is 0.244. The van der Waals surface area contributed by atoms with Crippen LogP contribution in [0.15, 0.2) is 35.4 Å². The van der Waals surface area contributed by atoms with E-state index in [2.05, 4.69) is 13.8 Å². The highest BCUT2D eigenvalue weighted by molar-refractivity contribution is 5.45. The van der Waals surface area contributed by atoms with Gasteiger partial charge in [-0.3, -0.25) is 0 Å². The summed E-state index contributed by atoms with van der Waals surface area (Å²) in [4.78, 5) is 0. The molecule has 0 radical (unpaired) electrons. The zero-order chi connectivity index (χ0) is 32.4. The van der Waals surface area contributed by atoms with Crippen LogP contribution < -0.4 is 0 Å². The summed E-state index contributed by atoms with van der Waals surface area (Å²) in [6.07, 6.45) is -3.69. The molecular formula is C35H45F5O5. The van der Waals surface area contributed by atoms with E-state index in [4.69, 9.17) is 9.47 Å². The van der Waals surface area contributed by atoms with Gasteiger partial charge >= 0.3 is 12.1 Å². The maximum Gasteiger partial charge on any atom is 0.456 e. The number of alkyl halides is 5. The van der Waals surface area contributed by atoms with Gasteiger partial charge in [-0.15, -0.1) is 0 Å². The van der Waals surface area contributed by atoms with Crippen LogP contribution in [0.5, 0.6) is 0 Å². The topological polar surface area (TPSA) is 79.2 Å². The number of benzene rings is 1. The molecule has 4 saturated carbocycles. The average molecular weight is 641 g/mol. The van der Waals surface area contributed by atoms with Crippen molar-refractivity contribution in [2.24, 2.45) is 28.6 Å². The third-order valence-corrected chi connectivity index (χ3v) is 12.8. The summed E-state index contributed by atoms with van der Waals surface area (Å²) in [5, 5.41) is 33.4. The molecule has 250 valence electrons. The number of hydrogen-bond acceptors (Lipinski definition) is 5. The van der Waals surface area contributed by atoms with E-state index >= 15 is 8.78 Å². The number of halogens is 5. The average Bonchev–Trinajstić information content (AvgIpc) is 3.71. The molecule has 45 heavy (non-hydrogen) atoms. The summed E-state index contributed by atoms with van der Waals surface area (Å²) < 4.78 is 84.9. The fourth-order valence-electron chi connectivity index (χ4n) is 10.1. The molecule has 1 saturated heterocycles. The van der Waals surface area contributed by atoms with Crippen LogP contribution in [0.4, 0.5) is 22.0 Å². The lowest BCUT2D eigenvalue weighted by molar-refractivity contribution is -0.362. The Labute approximate surface area is 261 Å². The minimum absolute atomic E-state index is 0.0552. The van der Waals surface area contributed by atoms with Crippen LogP contribution in [0, 0.1) is 28.6 Å². The largest absolute Gasteiger partial charge is 0.456 e. The number of rotatable bonds is 4. The molecule has 6 aliphatic rings. The Morgan fingerprint density at radius 2 is 1.51 bits per heavy atom. The van der Waals surface area contributed by atoms with Crippen LogP contribution in [-0.2, 0) is 9.47 Å². The third-order valence-electron chi connectivity index (χ3n) is 12.8. The van der Waals surface area contributed by atoms with Gasteiger partial charge in [-0.2, -0.15) is 22.0 Å². The van der Waals surface area contributed by atoms with Crippen LogP contribution in [0.2, 0.25) is 0 Å². The number of fused-ring (bicyclic) bond motifs is 4. The van der Waals surface area contributed by atoms with Crippen LogP contribution in [-0.4, -0.2) is 64.2 Å². The highest BCUT2D eigenvalue weighted by Crippen LogP contribution is 2.71. The minimum atomic E-state index is -5.89. The number of ether oxygens (including phenoxy) is 2. The molecule has 1 aromatic rings. The van der Waals surface area contributed by atoms with Crippen molar-refractivity contribution in [3.63, 3.8) is 0 Å². The Hall–Kier alpha value is -1.59. The van der Waals surface area contributed by atoms with E-state index in [1.54, 1.807) is 0 Å². The van der Waals surface area contributed by atoms with Crippen molar-refractivity contribution in [3.05, 3.63) is 46.5 Å². The van der Waals surface area contributed by atoms with E-state index in [1.807, 2.05) is 24.3 Å². The number of aliphatic hydroxyl groups is 3. The van der Waals surface area contributed by atoms with E-state index in [1.165, 1.54) is 6.92 Å². The molecule has 0 bridgehead atoms. The lowest BCUT2D eigenvalue weighted by Gasteiger charge is -2.59. The van der Waals surface area contributed by atoms with Gasteiger partial charge in [-0.25, -0.2) is 0 Å². The van der Waals surface area contributed by atoms with E-state index in [9.17, 15) is 28.5 Å². The molecule has 1 aromatic carbocycles. The van der Waals surface area contributed by atoms with Crippen LogP contribution >= 0.6 is 0 Å². The normalized spacial score (nSPS) is 42.2. The molecule has 10 heteroatoms. The first-order chi connectivity index (χ1) is 20.9. The Morgan fingerprint density at radius 1 is 0.867 bits per heavy atom. The van der Waals surface area contributed by atoms with Gasteiger partial charge in [0.2, 0.25) is 0 Å². The number of aliphatic hydroxyl groups excluding tert-OH is 1. The Kier molecular flexibility index (Phi) is 7.09. The van der Waals surface area contributed by atoms with E-state index in [-0.39, 0.29) is 49.0 Å². The van der Waals surface area contributed by atoms with Gasteiger partial charge in [0.25, 0.3) is 0 Å². The molecule has 5 aliphatic carbocycles. The zero-order valence-electron chi connectivity index (χ0n) is 26.2. The van der Waals surface area contributed by atoms with Gasteiger partial charge in [0.05, 0.1) is 18.8 Å². The molecule has 1 spiro atoms. The second-order valence-corrected chi connectivity index (χ2v) is 16.1. The molecule has 1 heterocycles. The van der Waals surface area contributed by atoms with Crippen molar-refractivity contribution in [2.75, 3.05) is 19.8 Å². The standard InChI is InChI=1S/C35H45F5O5/c1-29(2)18-44-32(45-19-29)12-9-27-28-23(8-11-31(27,42)17-32)26-10-13-33(43,34(36,37)35(38,39)40)30(26,3)15-25(28)21-6-4-20(5-7-21)24-14-22(24)16-41/h4-7,22-26,41-43H,8-19H2,1-3H3/t22-,23?,24?,25-,26?,30+,31?,33+/m1/s1. The SMILES string of the molecule is CC1(C)COC2(CCC3=C4C(CCC3(O)C2)C2CC[C@@](O)(C(F)(F)C(F)(F)F)[C@@]2(C)C[C@@H]4c2ccc(C3C[C@@H]3CO)cc2)OC1. The first kappa shape index (κ1) is 32.0. The monoisotopic (exact) mass is 640 g/mol. The molecule has 7 rings (SSSR count). The molecular weight excluding hydrogens is 595 g/mol. The van der Waals surface area contributed by atoms with Crippen molar-refractivity contribution in [1.82, 2.24) is 0 Å². The molecule has 8 atom stereocenters. The highest BCUT2D eigenvalue weighted by atomic mass is 19.4. The Morgan fingerprint density at radius 3 is 2.11 bits per heavy atom. The Bertz CT molecular complexity index is 1360. The summed E-state index contributed by atoms with van der Waals surface area (Å²) >= 11 is 0. The third kappa shape index (κ3) is 4.62. The minimum Gasteiger partial charge on any atom is -0.396 e. The van der Waals surface area contributed by atoms with Gasteiger partial charge in [0.15, 0.2) is 5.79 Å². The van der Waals surface area contributed by atoms with Crippen molar-refractivity contribution >= 4 is 0 Å². The molecule has 1 aliphatic heterocycles. The fourth-order valence-corrected chi connectivity index (χ4v) is 10.1. The van der Waals surface area contributed by atoms with E-state index in [0.29, 0.717) is 38.9 Å². The first-order valence-electron chi connectivity index (χ1n) is 16.5. The van der Waals surface area contributed by atoms with Crippen LogP contribution in [0.3, 0.4) is 0 Å². The lowest BCUT2D eigenvalue weighted by atomic mass is 9.49. The number of allylic oxidation sites excluding steroid dienone is 1. The van der Waals surface area contributed by atoms with E-state index < -0.39 is 52.8 Å². The van der Waals surface area contributed by atoms with Gasteiger partial charge in [-0.1, -0.05) is 50.6 Å². The van der Waals surface area contributed by atoms with Crippen molar-refractivity contribution < 1.29 is 46.7 Å². The molecule has 3 N–H and O–H groups in total. The summed E-state index contributed by atoms with van der Waals surface area (Å²) in [5.41, 5.74) is -2.72. The van der Waals surface area contributed by atoms with Gasteiger partial charge in [0, 0.05) is 36.2 Å². The van der Waals surface area contributed by atoms with Crippen LogP contribution in [0.25, 0.3) is 0 Å². The van der Waals surface area contributed by atoms with Crippen molar-refractivity contribution in [3.8, 4) is 0 Å². The lowest BCUT2D eigenvalue weighted by Crippen LogP contribution is -2.65. The second-order valence-electron chi connectivity index (χ2n) is 16.1. The molecule has 0 aromatic heterocycles. The smallest absolute Gasteiger partial charge is 0.396 e. The van der Waals surface area contributed by atoms with Gasteiger partial charge in [-0.05, 0) is 85.3 Å². The maximum absolute atomic E-state index is 15.3. The number of hydrogen-bond donors (Lipinski definition) is 3. The summed E-state index contributed by atoms with van der Waals surface area (Å²) in [6, 6.07) is 7.77. The first-order valence-corrected chi connectivity index (χ1v) is 16.5. The molecule has 4 unspecified atom stereocenters. The highest BCUT2D eigenvalue weighted by Gasteiger charge is 2.79. The second kappa shape index (κ2) is 9.97. The summed E-state index contributed by atoms with van der Waals surface area (Å²) in [7, 11) is 0. The zero-order valence-corrected chi connectivity index (χ0v) is 26.2. The van der Waals surface area contributed by atoms with Gasteiger partial charge in [0.1, 0.15) is 5.60 Å². The maximum atomic E-state index is 15.3. The van der Waals surface area contributed by atoms with E-state index in [0.717, 1.165) is 28.7 Å². The summed E-state index contributed by atoms with van der Waals surface area (Å²) in [5.74, 6) is -7.22. The molecule has 5 fully saturated rings. The van der Waals surface area contributed by atoms with Crippen molar-refractivity contribution in [1.29, 1.82) is 0 Å². The molecule has 0 amide bonds. The summed E-state index contributed by atoms with van der Waals surface area (Å²) in [6.45, 7) is 6.65. The predicted molar refractivity (Wildman–Crippen MR) is 155 cm³/mol. The fraction of sp³-hybridized carbons (Fsp3) is 0.771. The van der Waals surface area contributed by atoms with Gasteiger partial charge < -0.3 is 24.8 Å². The van der Waals surface area contributed by atoms with Crippen molar-refractivity contribution in [2.45, 2.75) is 119 Å². The predicted octanol–water partition coefficient (Wildman–Crippen LogP) is 7.01. The Balaban J connectivity index is 1.31. The van der Waals surface area contributed by atoms with Crippen LogP contribution in [0.1, 0.15) is 102 Å².